The number of hydrogen-bond donors (Lipinski definition) is 2. The van der Waals surface area contributed by atoms with Crippen LogP contribution < -0.4 is 0 Å². The maximum absolute atomic E-state index is 9.08. The summed E-state index contributed by atoms with van der Waals surface area (Å²) in [5.41, 5.74) is -3.01. The van der Waals surface area contributed by atoms with Crippen molar-refractivity contribution in [3.05, 3.63) is 12.2 Å². The average Bonchev–Trinajstić information content (AvgIpc) is 2.49. The van der Waals surface area contributed by atoms with Crippen molar-refractivity contribution >= 4 is 28.9 Å². The summed E-state index contributed by atoms with van der Waals surface area (Å²) in [5.74, 6) is 0.783. The smallest absolute Gasteiger partial charge is 0.242 e. The van der Waals surface area contributed by atoms with Crippen molar-refractivity contribution in [2.24, 2.45) is 0 Å². The van der Waals surface area contributed by atoms with Gasteiger partial charge < -0.3 is 9.79 Å². The first kappa shape index (κ1) is 23.7. The van der Waals surface area contributed by atoms with Crippen molar-refractivity contribution in [2.75, 3.05) is 5.75 Å². The summed E-state index contributed by atoms with van der Waals surface area (Å²) < 4.78 is 0. The van der Waals surface area contributed by atoms with Crippen molar-refractivity contribution < 1.29 is 9.79 Å². The Morgan fingerprint density at radius 1 is 0.739 bits per heavy atom. The van der Waals surface area contributed by atoms with Crippen molar-refractivity contribution in [2.45, 2.75) is 96.8 Å². The molecule has 138 valence electrons. The van der Waals surface area contributed by atoms with Gasteiger partial charge in [-0.1, -0.05) is 88.2 Å². The summed E-state index contributed by atoms with van der Waals surface area (Å²) in [6, 6.07) is 0. The van der Waals surface area contributed by atoms with Gasteiger partial charge in [0.2, 0.25) is 5.69 Å². The molecule has 0 rings (SSSR count). The highest BCUT2D eigenvalue weighted by Gasteiger charge is 2.06. The second-order valence-electron chi connectivity index (χ2n) is 6.26. The van der Waals surface area contributed by atoms with E-state index in [9.17, 15) is 0 Å². The Labute approximate surface area is 153 Å². The Bertz CT molecular complexity index is 316. The van der Waals surface area contributed by atoms with Crippen LogP contribution in [0.25, 0.3) is 0 Å². The van der Waals surface area contributed by atoms with E-state index in [-0.39, 0.29) is 0 Å². The van der Waals surface area contributed by atoms with Crippen LogP contribution in [0.3, 0.4) is 0 Å². The fourth-order valence-corrected chi connectivity index (χ4v) is 4.88. The highest BCUT2D eigenvalue weighted by molar-refractivity contribution is 8.67. The lowest BCUT2D eigenvalue weighted by molar-refractivity contribution is 0.502. The van der Waals surface area contributed by atoms with Crippen LogP contribution in [0, 0.1) is 0 Å². The minimum Gasteiger partial charge on any atom is -0.338 e. The minimum absolute atomic E-state index is 0.783. The van der Waals surface area contributed by atoms with Crippen LogP contribution in [0.15, 0.2) is 12.2 Å². The van der Waals surface area contributed by atoms with Gasteiger partial charge in [-0.15, -0.1) is 0 Å². The van der Waals surface area contributed by atoms with Crippen LogP contribution in [0.2, 0.25) is 0 Å². The zero-order valence-electron chi connectivity index (χ0n) is 14.9. The number of unbranched alkanes of at least 4 members (excludes halogenated alkanes) is 12. The Hall–Kier alpha value is 0.660. The third kappa shape index (κ3) is 22.7. The van der Waals surface area contributed by atoms with E-state index in [1.165, 1.54) is 83.5 Å². The van der Waals surface area contributed by atoms with E-state index < -0.39 is 5.69 Å². The lowest BCUT2D eigenvalue weighted by Crippen LogP contribution is -1.83. The predicted molar refractivity (Wildman–Crippen MR) is 111 cm³/mol. The molecule has 0 bridgehead atoms. The van der Waals surface area contributed by atoms with Crippen molar-refractivity contribution in [1.82, 2.24) is 0 Å². The van der Waals surface area contributed by atoms with Crippen molar-refractivity contribution in [3.63, 3.8) is 0 Å². The summed E-state index contributed by atoms with van der Waals surface area (Å²) in [6.45, 7) is 2.27. The first-order valence-corrected chi connectivity index (χ1v) is 13.7. The van der Waals surface area contributed by atoms with Gasteiger partial charge in [-0.25, -0.2) is 0 Å². The minimum atomic E-state index is -3.01. The van der Waals surface area contributed by atoms with Crippen molar-refractivity contribution in [1.29, 1.82) is 0 Å². The summed E-state index contributed by atoms with van der Waals surface area (Å²) in [7, 11) is 0. The molecule has 0 heterocycles. The molecular formula is C18H37O2PS2. The van der Waals surface area contributed by atoms with E-state index in [0.29, 0.717) is 0 Å². The summed E-state index contributed by atoms with van der Waals surface area (Å²) in [4.78, 5) is 18.2. The first-order chi connectivity index (χ1) is 11.1. The largest absolute Gasteiger partial charge is 0.338 e. The Kier molecular flexibility index (Phi) is 18.0. The lowest BCUT2D eigenvalue weighted by atomic mass is 10.1. The number of hydrogen-bond acceptors (Lipinski definition) is 2. The maximum Gasteiger partial charge on any atom is 0.242 e. The maximum atomic E-state index is 9.08. The zero-order chi connectivity index (χ0) is 17.2. The zero-order valence-corrected chi connectivity index (χ0v) is 17.4. The molecule has 0 aliphatic rings. The van der Waals surface area contributed by atoms with Crippen LogP contribution in [0.1, 0.15) is 96.8 Å². The first-order valence-electron chi connectivity index (χ1n) is 9.41. The molecular weight excluding hydrogens is 343 g/mol. The second-order valence-corrected chi connectivity index (χ2v) is 12.4. The Morgan fingerprint density at radius 2 is 1.17 bits per heavy atom. The van der Waals surface area contributed by atoms with Gasteiger partial charge in [0, 0.05) is 5.75 Å². The highest BCUT2D eigenvalue weighted by Crippen LogP contribution is 2.50. The van der Waals surface area contributed by atoms with Crippen LogP contribution in [-0.2, 0) is 11.8 Å². The normalized spacial score (nSPS) is 12.3. The predicted octanol–water partition coefficient (Wildman–Crippen LogP) is 6.97. The Morgan fingerprint density at radius 3 is 1.65 bits per heavy atom. The van der Waals surface area contributed by atoms with Gasteiger partial charge in [-0.3, -0.25) is 0 Å². The second kappa shape index (κ2) is 17.5. The van der Waals surface area contributed by atoms with E-state index >= 15 is 0 Å². The number of rotatable bonds is 17. The molecule has 0 saturated carbocycles. The van der Waals surface area contributed by atoms with Gasteiger partial charge in [0.25, 0.3) is 0 Å². The van der Waals surface area contributed by atoms with Gasteiger partial charge in [0.15, 0.2) is 0 Å². The van der Waals surface area contributed by atoms with Gasteiger partial charge in [-0.05, 0) is 43.9 Å². The van der Waals surface area contributed by atoms with E-state index in [1.807, 2.05) is 0 Å². The SMILES string of the molecule is CCCCCCCCC=CCCCCCCCCSP(O)(O)=S. The van der Waals surface area contributed by atoms with E-state index in [4.69, 9.17) is 9.79 Å². The molecule has 0 radical (unpaired) electrons. The van der Waals surface area contributed by atoms with E-state index in [2.05, 4.69) is 30.9 Å². The summed E-state index contributed by atoms with van der Waals surface area (Å²) >= 11 is 5.72. The molecule has 0 fully saturated rings. The molecule has 0 aliphatic carbocycles. The molecule has 2 N–H and O–H groups in total. The molecule has 2 nitrogen and oxygen atoms in total. The molecule has 0 amide bonds. The molecule has 0 saturated heterocycles. The summed E-state index contributed by atoms with van der Waals surface area (Å²) in [6.07, 6.45) is 22.9. The monoisotopic (exact) mass is 380 g/mol. The summed E-state index contributed by atoms with van der Waals surface area (Å²) in [5, 5.41) is 0. The van der Waals surface area contributed by atoms with Crippen LogP contribution in [-0.4, -0.2) is 15.5 Å². The molecule has 23 heavy (non-hydrogen) atoms. The molecule has 0 aliphatic heterocycles. The molecule has 5 heteroatoms. The van der Waals surface area contributed by atoms with E-state index in [0.717, 1.165) is 23.6 Å². The Balaban J connectivity index is 3.12. The van der Waals surface area contributed by atoms with Gasteiger partial charge >= 0.3 is 0 Å². The van der Waals surface area contributed by atoms with Gasteiger partial charge in [0.1, 0.15) is 0 Å². The third-order valence-electron chi connectivity index (χ3n) is 3.92. The lowest BCUT2D eigenvalue weighted by Gasteiger charge is -2.05. The standard InChI is InChI=1S/C18H37O2PS2/c1-2-3-4-5-6-7-8-9-10-11-12-13-14-15-16-17-18-23-21(19,20)22/h9-10H,2-8,11-18H2,1H3,(H2,19,20,22). The van der Waals surface area contributed by atoms with Crippen LogP contribution >= 0.6 is 17.1 Å². The quantitative estimate of drug-likeness (QED) is 0.162. The molecule has 0 aromatic carbocycles. The van der Waals surface area contributed by atoms with Crippen molar-refractivity contribution in [3.8, 4) is 0 Å². The molecule has 0 atom stereocenters. The fraction of sp³-hybridized carbons (Fsp3) is 0.889. The van der Waals surface area contributed by atoms with Crippen LogP contribution in [0.4, 0.5) is 0 Å². The topological polar surface area (TPSA) is 40.5 Å². The molecule has 0 aromatic heterocycles. The fourth-order valence-electron chi connectivity index (χ4n) is 2.53. The van der Waals surface area contributed by atoms with Gasteiger partial charge in [-0.2, -0.15) is 0 Å². The molecule has 0 unspecified atom stereocenters. The average molecular weight is 381 g/mol. The van der Waals surface area contributed by atoms with E-state index in [1.54, 1.807) is 0 Å². The van der Waals surface area contributed by atoms with Gasteiger partial charge in [0.05, 0.1) is 0 Å². The molecule has 0 spiro atoms. The molecule has 0 aromatic rings. The third-order valence-corrected chi connectivity index (χ3v) is 7.23. The number of allylic oxidation sites excluding steroid dienone is 2. The van der Waals surface area contributed by atoms with Crippen LogP contribution in [0.5, 0.6) is 0 Å². The highest BCUT2D eigenvalue weighted by atomic mass is 32.9.